The summed E-state index contributed by atoms with van der Waals surface area (Å²) in [6.45, 7) is 1.59. The lowest BCUT2D eigenvalue weighted by atomic mass is 10.1. The molecule has 116 valence electrons. The number of likely N-dealkylation sites (tertiary alicyclic amines) is 1. The summed E-state index contributed by atoms with van der Waals surface area (Å²) in [6, 6.07) is 5.88. The van der Waals surface area contributed by atoms with Crippen LogP contribution in [0.2, 0.25) is 0 Å². The Bertz CT molecular complexity index is 678. The predicted molar refractivity (Wildman–Crippen MR) is 80.3 cm³/mol. The van der Waals surface area contributed by atoms with Crippen molar-refractivity contribution in [2.24, 2.45) is 0 Å². The van der Waals surface area contributed by atoms with Gasteiger partial charge in [0.15, 0.2) is 11.5 Å². The van der Waals surface area contributed by atoms with E-state index in [-0.39, 0.29) is 18.1 Å². The maximum atomic E-state index is 12.6. The van der Waals surface area contributed by atoms with E-state index in [4.69, 9.17) is 4.74 Å². The van der Waals surface area contributed by atoms with E-state index in [1.165, 1.54) is 0 Å². The third-order valence-electron chi connectivity index (χ3n) is 4.64. The van der Waals surface area contributed by atoms with E-state index in [9.17, 15) is 4.79 Å². The van der Waals surface area contributed by atoms with Gasteiger partial charge in [0.2, 0.25) is 5.91 Å². The number of aromatic nitrogens is 3. The average Bonchev–Trinajstić information content (AvgIpc) is 3.26. The van der Waals surface area contributed by atoms with Crippen LogP contribution in [0.3, 0.4) is 0 Å². The van der Waals surface area contributed by atoms with Crippen LogP contribution in [-0.2, 0) is 9.53 Å². The summed E-state index contributed by atoms with van der Waals surface area (Å²) in [7, 11) is 0. The number of hydrogen-bond acceptors (Lipinski definition) is 4. The van der Waals surface area contributed by atoms with Crippen LogP contribution in [-0.4, -0.2) is 44.7 Å². The quantitative estimate of drug-likeness (QED) is 0.869. The van der Waals surface area contributed by atoms with E-state index in [2.05, 4.69) is 10.2 Å². The number of nitrogens with zero attached hydrogens (tertiary/aromatic N) is 4. The molecule has 2 atom stereocenters. The average molecular weight is 300 g/mol. The molecule has 2 aliphatic rings. The van der Waals surface area contributed by atoms with Crippen LogP contribution in [0, 0.1) is 0 Å². The first kappa shape index (κ1) is 13.7. The van der Waals surface area contributed by atoms with Gasteiger partial charge < -0.3 is 9.64 Å². The van der Waals surface area contributed by atoms with Gasteiger partial charge in [-0.1, -0.05) is 6.07 Å². The molecule has 2 saturated heterocycles. The standard InChI is InChI=1S/C16H20N4O2/c21-15(11-12-5-4-10-22-12)19-9-3-6-13(19)16-18-17-14-7-1-2-8-20(14)16/h1-2,7-8,12-13H,3-6,9-11H2/t12-,13+/m1/s1. The minimum atomic E-state index is 0.0336. The topological polar surface area (TPSA) is 59.7 Å². The minimum absolute atomic E-state index is 0.0336. The first-order valence-corrected chi connectivity index (χ1v) is 8.03. The summed E-state index contributed by atoms with van der Waals surface area (Å²) < 4.78 is 7.59. The minimum Gasteiger partial charge on any atom is -0.378 e. The second-order valence-corrected chi connectivity index (χ2v) is 6.07. The molecule has 4 rings (SSSR count). The molecule has 22 heavy (non-hydrogen) atoms. The van der Waals surface area contributed by atoms with E-state index >= 15 is 0 Å². The Morgan fingerprint density at radius 1 is 1.27 bits per heavy atom. The Balaban J connectivity index is 1.56. The maximum absolute atomic E-state index is 12.6. The van der Waals surface area contributed by atoms with E-state index < -0.39 is 0 Å². The highest BCUT2D eigenvalue weighted by molar-refractivity contribution is 5.77. The van der Waals surface area contributed by atoms with E-state index in [0.29, 0.717) is 6.42 Å². The summed E-state index contributed by atoms with van der Waals surface area (Å²) in [5.41, 5.74) is 0.830. The molecule has 2 fully saturated rings. The molecule has 0 saturated carbocycles. The Morgan fingerprint density at radius 3 is 3.09 bits per heavy atom. The summed E-state index contributed by atoms with van der Waals surface area (Å²) in [4.78, 5) is 14.6. The number of rotatable bonds is 3. The Hall–Kier alpha value is -1.95. The normalized spacial score (nSPS) is 25.2. The molecular formula is C16H20N4O2. The molecule has 2 aromatic rings. The van der Waals surface area contributed by atoms with Crippen LogP contribution >= 0.6 is 0 Å². The number of carbonyl (C=O) groups is 1. The molecule has 4 heterocycles. The van der Waals surface area contributed by atoms with Crippen molar-refractivity contribution in [2.45, 2.75) is 44.2 Å². The summed E-state index contributed by atoms with van der Waals surface area (Å²) >= 11 is 0. The smallest absolute Gasteiger partial charge is 0.225 e. The van der Waals surface area contributed by atoms with Crippen LogP contribution in [0.25, 0.3) is 5.65 Å². The number of hydrogen-bond donors (Lipinski definition) is 0. The number of pyridine rings is 1. The Morgan fingerprint density at radius 2 is 2.23 bits per heavy atom. The number of amides is 1. The fourth-order valence-corrected chi connectivity index (χ4v) is 3.54. The molecule has 0 bridgehead atoms. The monoisotopic (exact) mass is 300 g/mol. The zero-order valence-corrected chi connectivity index (χ0v) is 12.5. The molecule has 2 aliphatic heterocycles. The van der Waals surface area contributed by atoms with Crippen molar-refractivity contribution < 1.29 is 9.53 Å². The van der Waals surface area contributed by atoms with Crippen LogP contribution in [0.15, 0.2) is 24.4 Å². The van der Waals surface area contributed by atoms with Gasteiger partial charge in [-0.3, -0.25) is 9.20 Å². The first-order chi connectivity index (χ1) is 10.8. The van der Waals surface area contributed by atoms with E-state index in [1.54, 1.807) is 0 Å². The summed E-state index contributed by atoms with van der Waals surface area (Å²) in [6.07, 6.45) is 6.59. The fraction of sp³-hybridized carbons (Fsp3) is 0.562. The van der Waals surface area contributed by atoms with Crippen molar-refractivity contribution in [1.29, 1.82) is 0 Å². The number of carbonyl (C=O) groups excluding carboxylic acids is 1. The molecule has 0 unspecified atom stereocenters. The van der Waals surface area contributed by atoms with E-state index in [1.807, 2.05) is 33.7 Å². The SMILES string of the molecule is O=C(C[C@H]1CCCO1)N1CCC[C@H]1c1nnc2ccccn12. The first-order valence-electron chi connectivity index (χ1n) is 8.03. The highest BCUT2D eigenvalue weighted by Crippen LogP contribution is 2.32. The van der Waals surface area contributed by atoms with Crippen molar-refractivity contribution >= 4 is 11.6 Å². The van der Waals surface area contributed by atoms with Crippen molar-refractivity contribution in [3.05, 3.63) is 30.2 Å². The zero-order valence-electron chi connectivity index (χ0n) is 12.5. The maximum Gasteiger partial charge on any atom is 0.225 e. The number of ether oxygens (including phenoxy) is 1. The van der Waals surface area contributed by atoms with Crippen LogP contribution in [0.5, 0.6) is 0 Å². The third-order valence-corrected chi connectivity index (χ3v) is 4.64. The highest BCUT2D eigenvalue weighted by atomic mass is 16.5. The zero-order chi connectivity index (χ0) is 14.9. The molecular weight excluding hydrogens is 280 g/mol. The van der Waals surface area contributed by atoms with Crippen molar-refractivity contribution in [3.8, 4) is 0 Å². The van der Waals surface area contributed by atoms with Gasteiger partial charge in [-0.05, 0) is 37.8 Å². The molecule has 0 aliphatic carbocycles. The van der Waals surface area contributed by atoms with Crippen molar-refractivity contribution in [2.75, 3.05) is 13.2 Å². The third kappa shape index (κ3) is 2.37. The molecule has 6 heteroatoms. The van der Waals surface area contributed by atoms with Crippen molar-refractivity contribution in [3.63, 3.8) is 0 Å². The summed E-state index contributed by atoms with van der Waals surface area (Å²) in [5.74, 6) is 1.05. The van der Waals surface area contributed by atoms with Gasteiger partial charge in [-0.2, -0.15) is 0 Å². The van der Waals surface area contributed by atoms with Gasteiger partial charge in [0, 0.05) is 19.3 Å². The Kier molecular flexibility index (Phi) is 3.54. The van der Waals surface area contributed by atoms with Gasteiger partial charge in [-0.25, -0.2) is 0 Å². The van der Waals surface area contributed by atoms with Crippen LogP contribution in [0.4, 0.5) is 0 Å². The fourth-order valence-electron chi connectivity index (χ4n) is 3.54. The molecule has 0 aromatic carbocycles. The second kappa shape index (κ2) is 5.68. The lowest BCUT2D eigenvalue weighted by Gasteiger charge is -2.24. The molecule has 0 N–H and O–H groups in total. The second-order valence-electron chi connectivity index (χ2n) is 6.07. The molecule has 1 amide bonds. The molecule has 0 radical (unpaired) electrons. The predicted octanol–water partition coefficient (Wildman–Crippen LogP) is 1.96. The molecule has 6 nitrogen and oxygen atoms in total. The summed E-state index contributed by atoms with van der Waals surface area (Å²) in [5, 5.41) is 8.54. The lowest BCUT2D eigenvalue weighted by Crippen LogP contribution is -2.33. The van der Waals surface area contributed by atoms with Gasteiger partial charge >= 0.3 is 0 Å². The van der Waals surface area contributed by atoms with E-state index in [0.717, 1.165) is 50.3 Å². The largest absolute Gasteiger partial charge is 0.378 e. The van der Waals surface area contributed by atoms with Gasteiger partial charge in [0.25, 0.3) is 0 Å². The van der Waals surface area contributed by atoms with Crippen molar-refractivity contribution in [1.82, 2.24) is 19.5 Å². The Labute approximate surface area is 129 Å². The highest BCUT2D eigenvalue weighted by Gasteiger charge is 2.34. The van der Waals surface area contributed by atoms with Crippen LogP contribution < -0.4 is 0 Å². The van der Waals surface area contributed by atoms with Crippen LogP contribution in [0.1, 0.15) is 44.0 Å². The lowest BCUT2D eigenvalue weighted by molar-refractivity contribution is -0.134. The molecule has 0 spiro atoms. The van der Waals surface area contributed by atoms with Gasteiger partial charge in [0.05, 0.1) is 18.6 Å². The molecule has 2 aromatic heterocycles. The van der Waals surface area contributed by atoms with Gasteiger partial charge in [-0.15, -0.1) is 10.2 Å². The van der Waals surface area contributed by atoms with Gasteiger partial charge in [0.1, 0.15) is 0 Å². The number of fused-ring (bicyclic) bond motifs is 1.